The second-order valence-corrected chi connectivity index (χ2v) is 6.32. The normalized spacial score (nSPS) is 18.3. The number of halogens is 2. The van der Waals surface area contributed by atoms with Crippen LogP contribution in [0.3, 0.4) is 0 Å². The fourth-order valence-electron chi connectivity index (χ4n) is 2.73. The lowest BCUT2D eigenvalue weighted by molar-refractivity contribution is -0.132. The predicted molar refractivity (Wildman–Crippen MR) is 88.2 cm³/mol. The number of amides is 2. The average Bonchev–Trinajstić information content (AvgIpc) is 2.95. The number of piperazine rings is 1. The zero-order valence-electron chi connectivity index (χ0n) is 12.5. The number of anilines is 1. The van der Waals surface area contributed by atoms with E-state index in [1.807, 2.05) is 12.1 Å². The van der Waals surface area contributed by atoms with Crippen molar-refractivity contribution in [1.82, 2.24) is 9.80 Å². The first-order valence-electron chi connectivity index (χ1n) is 7.44. The van der Waals surface area contributed by atoms with Gasteiger partial charge in [-0.05, 0) is 18.2 Å². The van der Waals surface area contributed by atoms with Crippen LogP contribution in [0.2, 0.25) is 10.0 Å². The molecule has 0 radical (unpaired) electrons. The van der Waals surface area contributed by atoms with E-state index in [4.69, 9.17) is 27.9 Å². The molecule has 0 spiro atoms. The molecule has 2 fully saturated rings. The maximum atomic E-state index is 12.3. The van der Waals surface area contributed by atoms with Crippen LogP contribution >= 0.6 is 23.2 Å². The largest absolute Gasteiger partial charge is 0.448 e. The molecule has 2 aliphatic rings. The Balaban J connectivity index is 1.54. The fourth-order valence-corrected chi connectivity index (χ4v) is 3.02. The topological polar surface area (TPSA) is 53.1 Å². The number of cyclic esters (lactones) is 1. The third-order valence-corrected chi connectivity index (χ3v) is 4.81. The van der Waals surface area contributed by atoms with Crippen molar-refractivity contribution in [3.8, 4) is 0 Å². The number of hydrogen-bond acceptors (Lipinski definition) is 4. The maximum absolute atomic E-state index is 12.3. The molecule has 124 valence electrons. The highest BCUT2D eigenvalue weighted by molar-refractivity contribution is 6.42. The third kappa shape index (κ3) is 3.64. The van der Waals surface area contributed by atoms with Gasteiger partial charge in [-0.15, -0.1) is 0 Å². The van der Waals surface area contributed by atoms with Crippen LogP contribution in [0.1, 0.15) is 0 Å². The van der Waals surface area contributed by atoms with Crippen molar-refractivity contribution in [3.05, 3.63) is 28.2 Å². The summed E-state index contributed by atoms with van der Waals surface area (Å²) in [6, 6.07) is 5.53. The van der Waals surface area contributed by atoms with Gasteiger partial charge in [-0.25, -0.2) is 4.79 Å². The molecule has 2 saturated heterocycles. The highest BCUT2D eigenvalue weighted by Gasteiger charge is 2.28. The van der Waals surface area contributed by atoms with E-state index in [-0.39, 0.29) is 12.5 Å². The Labute approximate surface area is 144 Å². The van der Waals surface area contributed by atoms with Gasteiger partial charge in [0.15, 0.2) is 0 Å². The molecule has 1 aromatic rings. The Bertz CT molecular complexity index is 618. The van der Waals surface area contributed by atoms with Gasteiger partial charge in [0.25, 0.3) is 0 Å². The summed E-state index contributed by atoms with van der Waals surface area (Å²) in [6.07, 6.45) is -0.409. The molecule has 3 rings (SSSR count). The second-order valence-electron chi connectivity index (χ2n) is 5.50. The van der Waals surface area contributed by atoms with Crippen molar-refractivity contribution < 1.29 is 14.3 Å². The Morgan fingerprint density at radius 1 is 1.09 bits per heavy atom. The molecule has 1 aromatic carbocycles. The van der Waals surface area contributed by atoms with Crippen molar-refractivity contribution in [3.63, 3.8) is 0 Å². The van der Waals surface area contributed by atoms with Crippen LogP contribution in [-0.2, 0) is 9.53 Å². The standard InChI is InChI=1S/C15H17Cl2N3O3/c16-12-2-1-11(9-13(12)17)18-3-5-19(6-4-18)14(21)10-20-7-8-23-15(20)22/h1-2,9H,3-8,10H2. The smallest absolute Gasteiger partial charge is 0.410 e. The molecule has 2 aliphatic heterocycles. The molecule has 0 aliphatic carbocycles. The summed E-state index contributed by atoms with van der Waals surface area (Å²) in [7, 11) is 0. The van der Waals surface area contributed by atoms with Crippen LogP contribution in [0.15, 0.2) is 18.2 Å². The Hall–Kier alpha value is -1.66. The van der Waals surface area contributed by atoms with E-state index in [0.29, 0.717) is 49.4 Å². The summed E-state index contributed by atoms with van der Waals surface area (Å²) < 4.78 is 4.83. The molecule has 0 unspecified atom stereocenters. The Kier molecular flexibility index (Phi) is 4.82. The average molecular weight is 358 g/mol. The zero-order chi connectivity index (χ0) is 16.4. The second kappa shape index (κ2) is 6.84. The molecule has 23 heavy (non-hydrogen) atoms. The van der Waals surface area contributed by atoms with Gasteiger partial charge >= 0.3 is 6.09 Å². The first-order chi connectivity index (χ1) is 11.0. The van der Waals surface area contributed by atoms with Crippen molar-refractivity contribution in [2.45, 2.75) is 0 Å². The summed E-state index contributed by atoms with van der Waals surface area (Å²) in [5.41, 5.74) is 0.995. The number of benzene rings is 1. The fraction of sp³-hybridized carbons (Fsp3) is 0.467. The van der Waals surface area contributed by atoms with Gasteiger partial charge in [0.2, 0.25) is 5.91 Å². The lowest BCUT2D eigenvalue weighted by atomic mass is 10.2. The van der Waals surface area contributed by atoms with Gasteiger partial charge in [0.05, 0.1) is 16.6 Å². The molecule has 0 N–H and O–H groups in total. The molecule has 8 heteroatoms. The predicted octanol–water partition coefficient (Wildman–Crippen LogP) is 2.09. The third-order valence-electron chi connectivity index (χ3n) is 4.07. The molecule has 0 saturated carbocycles. The van der Waals surface area contributed by atoms with E-state index < -0.39 is 6.09 Å². The van der Waals surface area contributed by atoms with Crippen LogP contribution in [0.25, 0.3) is 0 Å². The minimum Gasteiger partial charge on any atom is -0.448 e. The van der Waals surface area contributed by atoms with Crippen LogP contribution in [-0.4, -0.2) is 67.7 Å². The van der Waals surface area contributed by atoms with Gasteiger partial charge in [-0.2, -0.15) is 0 Å². The van der Waals surface area contributed by atoms with Gasteiger partial charge < -0.3 is 14.5 Å². The Morgan fingerprint density at radius 2 is 1.83 bits per heavy atom. The van der Waals surface area contributed by atoms with Crippen molar-refractivity contribution in [2.75, 3.05) is 50.8 Å². The first-order valence-corrected chi connectivity index (χ1v) is 8.19. The quantitative estimate of drug-likeness (QED) is 0.831. The van der Waals surface area contributed by atoms with E-state index >= 15 is 0 Å². The van der Waals surface area contributed by atoms with Gasteiger partial charge in [-0.1, -0.05) is 23.2 Å². The van der Waals surface area contributed by atoms with Crippen molar-refractivity contribution >= 4 is 40.9 Å². The summed E-state index contributed by atoms with van der Waals surface area (Å²) in [5, 5.41) is 1.05. The minimum absolute atomic E-state index is 0.0439. The summed E-state index contributed by atoms with van der Waals surface area (Å²) in [5.74, 6) is -0.0439. The summed E-state index contributed by atoms with van der Waals surface area (Å²) >= 11 is 12.0. The number of ether oxygens (including phenoxy) is 1. The molecule has 0 aromatic heterocycles. The van der Waals surface area contributed by atoms with Gasteiger partial charge in [0, 0.05) is 31.9 Å². The van der Waals surface area contributed by atoms with Crippen LogP contribution in [0.5, 0.6) is 0 Å². The van der Waals surface area contributed by atoms with Crippen LogP contribution < -0.4 is 4.90 Å². The van der Waals surface area contributed by atoms with E-state index in [1.54, 1.807) is 11.0 Å². The minimum atomic E-state index is -0.409. The van der Waals surface area contributed by atoms with E-state index in [1.165, 1.54) is 4.90 Å². The lowest BCUT2D eigenvalue weighted by Gasteiger charge is -2.36. The number of hydrogen-bond donors (Lipinski definition) is 0. The van der Waals surface area contributed by atoms with E-state index in [0.717, 1.165) is 5.69 Å². The van der Waals surface area contributed by atoms with Gasteiger partial charge in [0.1, 0.15) is 13.2 Å². The van der Waals surface area contributed by atoms with Crippen LogP contribution in [0, 0.1) is 0 Å². The molecule has 0 bridgehead atoms. The number of nitrogens with zero attached hydrogens (tertiary/aromatic N) is 3. The first kappa shape index (κ1) is 16.2. The highest BCUT2D eigenvalue weighted by atomic mass is 35.5. The molecule has 2 amide bonds. The van der Waals surface area contributed by atoms with Gasteiger partial charge in [-0.3, -0.25) is 9.69 Å². The highest BCUT2D eigenvalue weighted by Crippen LogP contribution is 2.27. The number of carbonyl (C=O) groups excluding carboxylic acids is 2. The van der Waals surface area contributed by atoms with Crippen molar-refractivity contribution in [1.29, 1.82) is 0 Å². The Morgan fingerprint density at radius 3 is 2.43 bits per heavy atom. The summed E-state index contributed by atoms with van der Waals surface area (Å²) in [6.45, 7) is 3.59. The maximum Gasteiger partial charge on any atom is 0.410 e. The molecule has 0 atom stereocenters. The SMILES string of the molecule is O=C(CN1CCOC1=O)N1CCN(c2ccc(Cl)c(Cl)c2)CC1. The molecular formula is C15H17Cl2N3O3. The summed E-state index contributed by atoms with van der Waals surface area (Å²) in [4.78, 5) is 29.0. The monoisotopic (exact) mass is 357 g/mol. The van der Waals surface area contributed by atoms with Crippen molar-refractivity contribution in [2.24, 2.45) is 0 Å². The lowest BCUT2D eigenvalue weighted by Crippen LogP contribution is -2.51. The molecule has 6 nitrogen and oxygen atoms in total. The molecular weight excluding hydrogens is 341 g/mol. The van der Waals surface area contributed by atoms with E-state index in [9.17, 15) is 9.59 Å². The van der Waals surface area contributed by atoms with E-state index in [2.05, 4.69) is 4.90 Å². The number of rotatable bonds is 3. The zero-order valence-corrected chi connectivity index (χ0v) is 14.0. The number of carbonyl (C=O) groups is 2. The van der Waals surface area contributed by atoms with Crippen LogP contribution in [0.4, 0.5) is 10.5 Å². The molecule has 2 heterocycles.